The molecular formula is C24H21FN6O2S. The number of piperidine rings is 1. The van der Waals surface area contributed by atoms with Crippen molar-refractivity contribution in [3.05, 3.63) is 65.7 Å². The first-order valence-corrected chi connectivity index (χ1v) is 11.8. The Morgan fingerprint density at radius 2 is 1.94 bits per heavy atom. The van der Waals surface area contributed by atoms with Crippen LogP contribution in [0.4, 0.5) is 9.52 Å². The standard InChI is InChI=1S/C24H21FN6O2S/c25-14-5-3-4-12(8-14)21-20(28-24(27)34-21)23(33)31-15(9-13-10-18(13)31)11-30-17-7-2-1-6-16(17)19(29-30)22(26)32/h1-8,13,15,18H,9-11H2,(H2,26,32)(H2,27,28)/t13-,15+,18+/m1/s1. The first-order chi connectivity index (χ1) is 16.4. The molecule has 2 aromatic heterocycles. The van der Waals surface area contributed by atoms with Crippen LogP contribution in [0, 0.1) is 11.7 Å². The Balaban J connectivity index is 1.35. The topological polar surface area (TPSA) is 120 Å². The molecule has 0 spiro atoms. The molecule has 2 amide bonds. The maximum atomic E-state index is 13.9. The number of likely N-dealkylation sites (tertiary alicyclic amines) is 1. The van der Waals surface area contributed by atoms with E-state index in [1.165, 1.54) is 23.5 Å². The van der Waals surface area contributed by atoms with E-state index in [0.717, 1.165) is 18.4 Å². The highest BCUT2D eigenvalue weighted by Gasteiger charge is 2.54. The van der Waals surface area contributed by atoms with E-state index in [9.17, 15) is 14.0 Å². The summed E-state index contributed by atoms with van der Waals surface area (Å²) in [6.07, 6.45) is 1.79. The number of nitrogens with zero attached hydrogens (tertiary/aromatic N) is 4. The zero-order valence-electron chi connectivity index (χ0n) is 18.0. The molecule has 1 aliphatic heterocycles. The number of rotatable bonds is 5. The minimum Gasteiger partial charge on any atom is -0.375 e. The lowest BCUT2D eigenvalue weighted by molar-refractivity contribution is 0.0678. The van der Waals surface area contributed by atoms with Crippen LogP contribution < -0.4 is 11.5 Å². The number of primary amides is 1. The van der Waals surface area contributed by atoms with Crippen molar-refractivity contribution in [1.29, 1.82) is 0 Å². The van der Waals surface area contributed by atoms with E-state index >= 15 is 0 Å². The van der Waals surface area contributed by atoms with Crippen molar-refractivity contribution in [1.82, 2.24) is 19.7 Å². The molecule has 0 unspecified atom stereocenters. The molecule has 10 heteroatoms. The predicted octanol–water partition coefficient (Wildman–Crippen LogP) is 3.28. The molecule has 3 heterocycles. The van der Waals surface area contributed by atoms with Gasteiger partial charge < -0.3 is 16.4 Å². The van der Waals surface area contributed by atoms with Gasteiger partial charge in [-0.2, -0.15) is 5.10 Å². The van der Waals surface area contributed by atoms with Crippen molar-refractivity contribution in [3.8, 4) is 10.4 Å². The van der Waals surface area contributed by atoms with Gasteiger partial charge in [-0.05, 0) is 42.5 Å². The summed E-state index contributed by atoms with van der Waals surface area (Å²) in [6, 6.07) is 13.5. The first kappa shape index (κ1) is 20.8. The summed E-state index contributed by atoms with van der Waals surface area (Å²) in [5, 5.41) is 5.42. The first-order valence-electron chi connectivity index (χ1n) is 11.0. The number of hydrogen-bond acceptors (Lipinski definition) is 6. The molecule has 2 fully saturated rings. The number of aromatic nitrogens is 3. The van der Waals surface area contributed by atoms with E-state index in [-0.39, 0.29) is 40.3 Å². The fourth-order valence-electron chi connectivity index (χ4n) is 5.12. The summed E-state index contributed by atoms with van der Waals surface area (Å²) in [4.78, 5) is 32.5. The molecule has 1 aliphatic carbocycles. The Kier molecular flexibility index (Phi) is 4.66. The van der Waals surface area contributed by atoms with Crippen LogP contribution in [0.1, 0.15) is 33.8 Å². The molecule has 0 radical (unpaired) electrons. The Labute approximate surface area is 198 Å². The molecule has 1 saturated carbocycles. The summed E-state index contributed by atoms with van der Waals surface area (Å²) in [5.74, 6) is -0.761. The average Bonchev–Trinajstić information content (AvgIpc) is 3.15. The van der Waals surface area contributed by atoms with Crippen LogP contribution in [0.3, 0.4) is 0 Å². The van der Waals surface area contributed by atoms with Crippen molar-refractivity contribution >= 4 is 39.2 Å². The molecule has 3 atom stereocenters. The highest BCUT2D eigenvalue weighted by Crippen LogP contribution is 2.49. The second-order valence-corrected chi connectivity index (χ2v) is 9.85. The van der Waals surface area contributed by atoms with E-state index in [1.807, 2.05) is 29.2 Å². The van der Waals surface area contributed by atoms with Gasteiger partial charge in [-0.15, -0.1) is 0 Å². The largest absolute Gasteiger partial charge is 0.375 e. The molecule has 8 nitrogen and oxygen atoms in total. The van der Waals surface area contributed by atoms with Crippen LogP contribution in [0.5, 0.6) is 0 Å². The van der Waals surface area contributed by atoms with Crippen molar-refractivity contribution < 1.29 is 14.0 Å². The number of fused-ring (bicyclic) bond motifs is 2. The molecule has 2 aliphatic rings. The van der Waals surface area contributed by atoms with Gasteiger partial charge in [-0.3, -0.25) is 14.3 Å². The van der Waals surface area contributed by atoms with Crippen molar-refractivity contribution in [2.75, 3.05) is 5.73 Å². The highest BCUT2D eigenvalue weighted by molar-refractivity contribution is 7.19. The molecule has 4 aromatic rings. The van der Waals surface area contributed by atoms with E-state index < -0.39 is 5.91 Å². The van der Waals surface area contributed by atoms with Crippen LogP contribution in [-0.2, 0) is 6.54 Å². The van der Waals surface area contributed by atoms with Crippen LogP contribution in [0.2, 0.25) is 0 Å². The third-order valence-electron chi connectivity index (χ3n) is 6.65. The molecular weight excluding hydrogens is 455 g/mol. The Morgan fingerprint density at radius 1 is 1.12 bits per heavy atom. The highest BCUT2D eigenvalue weighted by atomic mass is 32.1. The van der Waals surface area contributed by atoms with Gasteiger partial charge in [-0.25, -0.2) is 9.37 Å². The minimum absolute atomic E-state index is 0.122. The molecule has 0 bridgehead atoms. The van der Waals surface area contributed by atoms with Crippen LogP contribution in [0.25, 0.3) is 21.3 Å². The van der Waals surface area contributed by atoms with Crippen molar-refractivity contribution in [2.45, 2.75) is 31.5 Å². The van der Waals surface area contributed by atoms with Gasteiger partial charge in [-0.1, -0.05) is 41.7 Å². The van der Waals surface area contributed by atoms with Crippen LogP contribution >= 0.6 is 11.3 Å². The average molecular weight is 477 g/mol. The SMILES string of the molecule is NC(=O)c1nn(C[C@@H]2C[C@@H]3C[C@@H]3N2C(=O)c2nc(N)sc2-c2cccc(F)c2)c2ccccc12. The van der Waals surface area contributed by atoms with Gasteiger partial charge in [0.05, 0.1) is 23.0 Å². The molecule has 4 N–H and O–H groups in total. The van der Waals surface area contributed by atoms with Gasteiger partial charge in [0.15, 0.2) is 10.8 Å². The fourth-order valence-corrected chi connectivity index (χ4v) is 5.94. The molecule has 2 aromatic carbocycles. The summed E-state index contributed by atoms with van der Waals surface area (Å²) in [7, 11) is 0. The second-order valence-electron chi connectivity index (χ2n) is 8.82. The number of halogens is 1. The quantitative estimate of drug-likeness (QED) is 0.458. The third-order valence-corrected chi connectivity index (χ3v) is 7.59. The molecule has 1 saturated heterocycles. The van der Waals surface area contributed by atoms with Gasteiger partial charge >= 0.3 is 0 Å². The predicted molar refractivity (Wildman–Crippen MR) is 127 cm³/mol. The number of para-hydroxylation sites is 1. The number of anilines is 1. The van der Waals surface area contributed by atoms with Gasteiger partial charge in [0, 0.05) is 11.4 Å². The zero-order chi connectivity index (χ0) is 23.6. The zero-order valence-corrected chi connectivity index (χ0v) is 18.8. The Bertz CT molecular complexity index is 1460. The van der Waals surface area contributed by atoms with Crippen molar-refractivity contribution in [2.24, 2.45) is 11.7 Å². The lowest BCUT2D eigenvalue weighted by atomic mass is 10.1. The summed E-state index contributed by atoms with van der Waals surface area (Å²) in [5.41, 5.74) is 13.3. The fraction of sp³-hybridized carbons (Fsp3) is 0.250. The number of carbonyl (C=O) groups is 2. The van der Waals surface area contributed by atoms with Gasteiger partial charge in [0.2, 0.25) is 0 Å². The van der Waals surface area contributed by atoms with Crippen LogP contribution in [-0.4, -0.2) is 43.6 Å². The maximum absolute atomic E-state index is 13.9. The third kappa shape index (κ3) is 3.33. The number of benzene rings is 2. The van der Waals surface area contributed by atoms with E-state index in [4.69, 9.17) is 11.5 Å². The van der Waals surface area contributed by atoms with E-state index in [1.54, 1.807) is 16.8 Å². The minimum atomic E-state index is -0.588. The van der Waals surface area contributed by atoms with E-state index in [0.29, 0.717) is 28.3 Å². The number of nitrogen functional groups attached to an aromatic ring is 1. The number of thiazole rings is 1. The number of amides is 2. The van der Waals surface area contributed by atoms with Crippen LogP contribution in [0.15, 0.2) is 48.5 Å². The summed E-state index contributed by atoms with van der Waals surface area (Å²) < 4.78 is 15.6. The van der Waals surface area contributed by atoms with Crippen molar-refractivity contribution in [3.63, 3.8) is 0 Å². The summed E-state index contributed by atoms with van der Waals surface area (Å²) in [6.45, 7) is 0.432. The Morgan fingerprint density at radius 3 is 2.74 bits per heavy atom. The lowest BCUT2D eigenvalue weighted by Crippen LogP contribution is -2.41. The molecule has 6 rings (SSSR count). The van der Waals surface area contributed by atoms with E-state index in [2.05, 4.69) is 10.1 Å². The van der Waals surface area contributed by atoms with Gasteiger partial charge in [0.25, 0.3) is 11.8 Å². The lowest BCUT2D eigenvalue weighted by Gasteiger charge is -2.27. The number of carbonyl (C=O) groups excluding carboxylic acids is 2. The number of nitrogens with two attached hydrogens (primary N) is 2. The normalized spacial score (nSPS) is 21.1. The monoisotopic (exact) mass is 476 g/mol. The second kappa shape index (κ2) is 7.63. The number of hydrogen-bond donors (Lipinski definition) is 2. The summed E-state index contributed by atoms with van der Waals surface area (Å²) >= 11 is 1.18. The maximum Gasteiger partial charge on any atom is 0.274 e. The smallest absolute Gasteiger partial charge is 0.274 e. The van der Waals surface area contributed by atoms with Gasteiger partial charge in [0.1, 0.15) is 11.5 Å². The molecule has 34 heavy (non-hydrogen) atoms. The molecule has 172 valence electrons. The Hall–Kier alpha value is -3.79.